The van der Waals surface area contributed by atoms with Gasteiger partial charge in [0.25, 0.3) is 0 Å². The van der Waals surface area contributed by atoms with Crippen LogP contribution in [0.3, 0.4) is 0 Å². The van der Waals surface area contributed by atoms with Crippen LogP contribution >= 0.6 is 15.6 Å². The van der Waals surface area contributed by atoms with Crippen molar-refractivity contribution in [2.24, 2.45) is 0 Å². The lowest BCUT2D eigenvalue weighted by molar-refractivity contribution is -0.161. The van der Waals surface area contributed by atoms with E-state index in [9.17, 15) is 43.2 Å². The Bertz CT molecular complexity index is 2060. The molecule has 0 aromatic rings. The molecule has 0 saturated heterocycles. The second-order valence-electron chi connectivity index (χ2n) is 25.9. The van der Waals surface area contributed by atoms with Gasteiger partial charge in [0.2, 0.25) is 0 Å². The van der Waals surface area contributed by atoms with Gasteiger partial charge in [-0.05, 0) is 109 Å². The Balaban J connectivity index is 5.34. The third kappa shape index (κ3) is 69.2. The number of hydrogen-bond donors (Lipinski definition) is 3. The third-order valence-corrected chi connectivity index (χ3v) is 18.3. The highest BCUT2D eigenvalue weighted by atomic mass is 31.2. The molecule has 0 fully saturated rings. The molecule has 0 radical (unpaired) electrons. The lowest BCUT2D eigenvalue weighted by Gasteiger charge is -2.21. The topological polar surface area (TPSA) is 237 Å². The van der Waals surface area contributed by atoms with Crippen LogP contribution in [0.2, 0.25) is 0 Å². The lowest BCUT2D eigenvalue weighted by Crippen LogP contribution is -2.30. The Morgan fingerprint density at radius 2 is 0.531 bits per heavy atom. The van der Waals surface area contributed by atoms with Crippen LogP contribution in [-0.4, -0.2) is 96.7 Å². The van der Waals surface area contributed by atoms with Crippen LogP contribution in [0.4, 0.5) is 0 Å². The summed E-state index contributed by atoms with van der Waals surface area (Å²) >= 11 is 0. The average molecular weight is 1400 g/mol. The summed E-state index contributed by atoms with van der Waals surface area (Å²) in [5.74, 6) is -2.19. The molecule has 5 atom stereocenters. The van der Waals surface area contributed by atoms with E-state index < -0.39 is 97.5 Å². The van der Waals surface area contributed by atoms with E-state index in [1.165, 1.54) is 109 Å². The minimum absolute atomic E-state index is 0.0857. The van der Waals surface area contributed by atoms with Gasteiger partial charge in [0, 0.05) is 25.7 Å². The predicted molar refractivity (Wildman–Crippen MR) is 390 cm³/mol. The summed E-state index contributed by atoms with van der Waals surface area (Å²) in [6.07, 6.45) is 67.7. The van der Waals surface area contributed by atoms with Crippen LogP contribution in [0, 0.1) is 0 Å². The van der Waals surface area contributed by atoms with Crippen molar-refractivity contribution in [2.75, 3.05) is 39.6 Å². The van der Waals surface area contributed by atoms with Crippen molar-refractivity contribution >= 4 is 39.5 Å². The maximum Gasteiger partial charge on any atom is 0.472 e. The highest BCUT2D eigenvalue weighted by Gasteiger charge is 2.30. The maximum absolute atomic E-state index is 13.1. The summed E-state index contributed by atoms with van der Waals surface area (Å²) in [5.41, 5.74) is 0. The number of carbonyl (C=O) groups is 4. The zero-order valence-corrected chi connectivity index (χ0v) is 62.8. The molecule has 17 nitrogen and oxygen atoms in total. The molecule has 0 heterocycles. The summed E-state index contributed by atoms with van der Waals surface area (Å²) in [7, 11) is -9.94. The van der Waals surface area contributed by atoms with E-state index in [-0.39, 0.29) is 25.7 Å². The highest BCUT2D eigenvalue weighted by Crippen LogP contribution is 2.45. The second-order valence-corrected chi connectivity index (χ2v) is 28.9. The monoisotopic (exact) mass is 1400 g/mol. The molecule has 0 aromatic carbocycles. The molecule has 96 heavy (non-hydrogen) atoms. The van der Waals surface area contributed by atoms with Gasteiger partial charge in [0.05, 0.1) is 26.4 Å². The van der Waals surface area contributed by atoms with E-state index in [4.69, 9.17) is 37.0 Å². The Kier molecular flexibility index (Phi) is 67.8. The number of ether oxygens (including phenoxy) is 4. The average Bonchev–Trinajstić information content (AvgIpc) is 1.17. The van der Waals surface area contributed by atoms with Crippen molar-refractivity contribution in [3.63, 3.8) is 0 Å². The van der Waals surface area contributed by atoms with E-state index in [1.807, 2.05) is 0 Å². The molecule has 0 aliphatic carbocycles. The number of hydrogen-bond acceptors (Lipinski definition) is 15. The van der Waals surface area contributed by atoms with Gasteiger partial charge in [-0.1, -0.05) is 275 Å². The van der Waals surface area contributed by atoms with E-state index in [1.54, 1.807) is 0 Å². The Hall–Kier alpha value is -3.24. The summed E-state index contributed by atoms with van der Waals surface area (Å²) in [5, 5.41) is 10.6. The first-order valence-electron chi connectivity index (χ1n) is 38.5. The molecule has 0 spiro atoms. The molecule has 0 rings (SSSR count). The summed E-state index contributed by atoms with van der Waals surface area (Å²) < 4.78 is 68.5. The molecule has 0 bridgehead atoms. The van der Waals surface area contributed by atoms with Gasteiger partial charge in [-0.2, -0.15) is 0 Å². The maximum atomic E-state index is 13.1. The van der Waals surface area contributed by atoms with Crippen molar-refractivity contribution in [2.45, 2.75) is 367 Å². The van der Waals surface area contributed by atoms with Gasteiger partial charge >= 0.3 is 39.5 Å². The van der Waals surface area contributed by atoms with Gasteiger partial charge < -0.3 is 33.8 Å². The Morgan fingerprint density at radius 1 is 0.292 bits per heavy atom. The largest absolute Gasteiger partial charge is 0.472 e. The summed E-state index contributed by atoms with van der Waals surface area (Å²) in [6, 6.07) is 0. The number of carbonyl (C=O) groups excluding carboxylic acids is 4. The number of rotatable bonds is 73. The van der Waals surface area contributed by atoms with Crippen LogP contribution < -0.4 is 0 Å². The van der Waals surface area contributed by atoms with Gasteiger partial charge in [-0.15, -0.1) is 0 Å². The smallest absolute Gasteiger partial charge is 0.462 e. The number of esters is 4. The molecule has 5 unspecified atom stereocenters. The number of aliphatic hydroxyl groups excluding tert-OH is 1. The van der Waals surface area contributed by atoms with E-state index in [0.717, 1.165) is 161 Å². The van der Waals surface area contributed by atoms with Crippen LogP contribution in [0.1, 0.15) is 349 Å². The van der Waals surface area contributed by atoms with Crippen molar-refractivity contribution in [3.8, 4) is 0 Å². The molecular formula is C77H140O17P2. The van der Waals surface area contributed by atoms with E-state index in [0.29, 0.717) is 25.7 Å². The Morgan fingerprint density at radius 3 is 0.844 bits per heavy atom. The fourth-order valence-corrected chi connectivity index (χ4v) is 12.1. The fourth-order valence-electron chi connectivity index (χ4n) is 10.5. The first-order chi connectivity index (χ1) is 46.7. The van der Waals surface area contributed by atoms with Crippen LogP contribution in [-0.2, 0) is 65.4 Å². The number of allylic oxidation sites excluding steroid dienone is 10. The number of phosphoric ester groups is 2. The van der Waals surface area contributed by atoms with E-state index in [2.05, 4.69) is 88.5 Å². The van der Waals surface area contributed by atoms with Crippen molar-refractivity contribution in [3.05, 3.63) is 60.8 Å². The molecule has 3 N–H and O–H groups in total. The quantitative estimate of drug-likeness (QED) is 0.0169. The van der Waals surface area contributed by atoms with Crippen LogP contribution in [0.15, 0.2) is 60.8 Å². The second kappa shape index (κ2) is 70.2. The molecule has 19 heteroatoms. The lowest BCUT2D eigenvalue weighted by atomic mass is 10.0. The highest BCUT2D eigenvalue weighted by molar-refractivity contribution is 7.47. The van der Waals surface area contributed by atoms with Crippen molar-refractivity contribution in [1.82, 2.24) is 0 Å². The van der Waals surface area contributed by atoms with Crippen molar-refractivity contribution in [1.29, 1.82) is 0 Å². The standard InChI is InChI=1S/C77H140O17P2/c1-5-9-13-17-21-25-29-33-35-39-42-46-50-54-58-62-75(80)88-68-73(94-77(82)64-60-56-52-48-44-40-36-34-30-26-22-18-14-10-6-2)70-92-96(85,86)90-66-71(78)65-89-95(83,84)91-69-72(93-76(81)63-59-55-51-47-43-38-32-28-24-20-16-12-8-4)67-87-74(79)61-57-53-49-45-41-37-31-27-23-19-15-11-7-3/h15,19,21,25,27,31,33-36,71-73,78H,5-14,16-18,20,22-24,26,28-30,32,37-70H2,1-4H3,(H,83,84)(H,85,86)/b19-15-,25-21-,31-27-,35-33-,36-34-. The molecule has 0 amide bonds. The number of phosphoric acid groups is 2. The van der Waals surface area contributed by atoms with Gasteiger partial charge in [0.15, 0.2) is 12.2 Å². The van der Waals surface area contributed by atoms with E-state index >= 15 is 0 Å². The minimum atomic E-state index is -4.97. The zero-order chi connectivity index (χ0) is 70.4. The normalized spacial score (nSPS) is 14.3. The fraction of sp³-hybridized carbons (Fsp3) is 0.818. The predicted octanol–water partition coefficient (Wildman–Crippen LogP) is 21.9. The molecule has 0 aliphatic heterocycles. The van der Waals surface area contributed by atoms with Crippen LogP contribution in [0.25, 0.3) is 0 Å². The zero-order valence-electron chi connectivity index (χ0n) is 61.1. The SMILES string of the molecule is CCC/C=C\C/C=C\CCCCCCCC(=O)OCC(COP(=O)(O)OCC(O)COP(=O)(O)OCC(COC(=O)CCCCCCC/C=C\C/C=C\CCCCC)OC(=O)CCCCCCC/C=C\CCCCCCCC)OC(=O)CCCCCCCCCCCCCCC. The molecule has 560 valence electrons. The molecular weight excluding hydrogens is 1260 g/mol. The number of unbranched alkanes of at least 4 members (excludes halogenated alkanes) is 37. The van der Waals surface area contributed by atoms with Gasteiger partial charge in [-0.25, -0.2) is 9.13 Å². The Labute approximate surface area is 584 Å². The molecule has 0 aromatic heterocycles. The molecule has 0 saturated carbocycles. The molecule has 0 aliphatic rings. The van der Waals surface area contributed by atoms with Gasteiger partial charge in [-0.3, -0.25) is 37.3 Å². The van der Waals surface area contributed by atoms with Gasteiger partial charge in [0.1, 0.15) is 19.3 Å². The first-order valence-corrected chi connectivity index (χ1v) is 41.5. The third-order valence-electron chi connectivity index (χ3n) is 16.4. The summed E-state index contributed by atoms with van der Waals surface area (Å²) in [4.78, 5) is 72.8. The summed E-state index contributed by atoms with van der Waals surface area (Å²) in [6.45, 7) is 4.79. The first kappa shape index (κ1) is 92.8. The minimum Gasteiger partial charge on any atom is -0.462 e. The van der Waals surface area contributed by atoms with Crippen molar-refractivity contribution < 1.29 is 80.2 Å². The van der Waals surface area contributed by atoms with Crippen LogP contribution in [0.5, 0.6) is 0 Å². The number of aliphatic hydroxyl groups is 1.